The third kappa shape index (κ3) is 2.31. The van der Waals surface area contributed by atoms with Crippen LogP contribution >= 0.6 is 11.3 Å². The molecular formula is C13H13FOS. The number of halogens is 1. The van der Waals surface area contributed by atoms with Crippen molar-refractivity contribution in [2.75, 3.05) is 0 Å². The first-order valence-electron chi connectivity index (χ1n) is 5.08. The van der Waals surface area contributed by atoms with Gasteiger partial charge in [0.05, 0.1) is 5.60 Å². The van der Waals surface area contributed by atoms with Gasteiger partial charge in [0.25, 0.3) is 0 Å². The number of hydrogen-bond acceptors (Lipinski definition) is 2. The largest absolute Gasteiger partial charge is 0.385 e. The lowest BCUT2D eigenvalue weighted by Gasteiger charge is -2.22. The summed E-state index contributed by atoms with van der Waals surface area (Å²) in [7, 11) is 0. The van der Waals surface area contributed by atoms with Crippen molar-refractivity contribution in [2.24, 2.45) is 0 Å². The quantitative estimate of drug-likeness (QED) is 0.866. The van der Waals surface area contributed by atoms with Gasteiger partial charge in [-0.05, 0) is 40.9 Å². The Balaban J connectivity index is 2.25. The molecule has 0 aliphatic carbocycles. The monoisotopic (exact) mass is 236 g/mol. The standard InChI is InChI=1S/C13H13FOS/c1-13(15,11-6-7-16-9-11)8-10-4-2-3-5-12(10)14/h2-7,9,15H,8H2,1H3. The lowest BCUT2D eigenvalue weighted by molar-refractivity contribution is 0.0571. The molecule has 84 valence electrons. The van der Waals surface area contributed by atoms with E-state index in [1.807, 2.05) is 16.8 Å². The Bertz CT molecular complexity index is 463. The lowest BCUT2D eigenvalue weighted by atomic mass is 9.91. The third-order valence-electron chi connectivity index (χ3n) is 2.64. The minimum atomic E-state index is -1.01. The van der Waals surface area contributed by atoms with E-state index in [4.69, 9.17) is 0 Å². The fourth-order valence-corrected chi connectivity index (χ4v) is 2.47. The summed E-state index contributed by atoms with van der Waals surface area (Å²) in [6.07, 6.45) is 0.288. The highest BCUT2D eigenvalue weighted by Gasteiger charge is 2.25. The Labute approximate surface area is 98.2 Å². The molecule has 1 N–H and O–H groups in total. The van der Waals surface area contributed by atoms with Crippen LogP contribution in [0.3, 0.4) is 0 Å². The van der Waals surface area contributed by atoms with Crippen LogP contribution < -0.4 is 0 Å². The van der Waals surface area contributed by atoms with Gasteiger partial charge in [0.1, 0.15) is 5.82 Å². The van der Waals surface area contributed by atoms with Gasteiger partial charge in [0.15, 0.2) is 0 Å². The van der Waals surface area contributed by atoms with E-state index in [-0.39, 0.29) is 12.2 Å². The lowest BCUT2D eigenvalue weighted by Crippen LogP contribution is -2.24. The van der Waals surface area contributed by atoms with Gasteiger partial charge in [0.2, 0.25) is 0 Å². The van der Waals surface area contributed by atoms with Gasteiger partial charge in [-0.25, -0.2) is 4.39 Å². The molecule has 1 aromatic carbocycles. The van der Waals surface area contributed by atoms with Crippen molar-refractivity contribution in [1.29, 1.82) is 0 Å². The maximum absolute atomic E-state index is 13.5. The molecule has 1 aromatic heterocycles. The van der Waals surface area contributed by atoms with Crippen molar-refractivity contribution in [1.82, 2.24) is 0 Å². The maximum atomic E-state index is 13.5. The van der Waals surface area contributed by atoms with Crippen molar-refractivity contribution in [3.05, 3.63) is 58.0 Å². The fraction of sp³-hybridized carbons (Fsp3) is 0.231. The molecule has 2 rings (SSSR count). The number of rotatable bonds is 3. The molecule has 0 amide bonds. The van der Waals surface area contributed by atoms with Crippen LogP contribution in [-0.4, -0.2) is 5.11 Å². The van der Waals surface area contributed by atoms with Crippen LogP contribution in [0, 0.1) is 5.82 Å². The fourth-order valence-electron chi connectivity index (χ4n) is 1.69. The van der Waals surface area contributed by atoms with Gasteiger partial charge in [-0.3, -0.25) is 0 Å². The average Bonchev–Trinajstić information content (AvgIpc) is 2.75. The van der Waals surface area contributed by atoms with E-state index in [0.29, 0.717) is 5.56 Å². The summed E-state index contributed by atoms with van der Waals surface area (Å²) in [5.74, 6) is -0.266. The molecule has 3 heteroatoms. The minimum Gasteiger partial charge on any atom is -0.385 e. The smallest absolute Gasteiger partial charge is 0.126 e. The predicted octanol–water partition coefficient (Wildman–Crippen LogP) is 3.34. The maximum Gasteiger partial charge on any atom is 0.126 e. The second-order valence-corrected chi connectivity index (χ2v) is 4.83. The summed E-state index contributed by atoms with van der Waals surface area (Å²) in [6.45, 7) is 1.71. The first-order chi connectivity index (χ1) is 7.59. The number of hydrogen-bond donors (Lipinski definition) is 1. The summed E-state index contributed by atoms with van der Waals surface area (Å²) in [4.78, 5) is 0. The molecule has 1 unspecified atom stereocenters. The van der Waals surface area contributed by atoms with Crippen molar-refractivity contribution in [3.8, 4) is 0 Å². The summed E-state index contributed by atoms with van der Waals surface area (Å²) in [6, 6.07) is 8.42. The van der Waals surface area contributed by atoms with Crippen molar-refractivity contribution < 1.29 is 9.50 Å². The van der Waals surface area contributed by atoms with E-state index in [9.17, 15) is 9.50 Å². The molecule has 0 spiro atoms. The van der Waals surface area contributed by atoms with Gasteiger partial charge >= 0.3 is 0 Å². The third-order valence-corrected chi connectivity index (χ3v) is 3.32. The van der Waals surface area contributed by atoms with Gasteiger partial charge in [0, 0.05) is 6.42 Å². The van der Waals surface area contributed by atoms with Crippen molar-refractivity contribution >= 4 is 11.3 Å². The van der Waals surface area contributed by atoms with Crippen LogP contribution in [0.4, 0.5) is 4.39 Å². The van der Waals surface area contributed by atoms with E-state index in [1.54, 1.807) is 25.1 Å². The SMILES string of the molecule is CC(O)(Cc1ccccc1F)c1ccsc1. The first kappa shape index (κ1) is 11.3. The highest BCUT2D eigenvalue weighted by molar-refractivity contribution is 7.08. The Morgan fingerprint density at radius 3 is 2.69 bits per heavy atom. The number of thiophene rings is 1. The second-order valence-electron chi connectivity index (χ2n) is 4.05. The van der Waals surface area contributed by atoms with E-state index in [2.05, 4.69) is 0 Å². The molecule has 2 aromatic rings. The number of aliphatic hydroxyl groups is 1. The van der Waals surface area contributed by atoms with Gasteiger partial charge < -0.3 is 5.11 Å². The zero-order valence-electron chi connectivity index (χ0n) is 8.98. The van der Waals surface area contributed by atoms with Crippen LogP contribution in [0.1, 0.15) is 18.1 Å². The minimum absolute atomic E-state index is 0.266. The van der Waals surface area contributed by atoms with E-state index in [0.717, 1.165) is 5.56 Å². The molecule has 1 atom stereocenters. The first-order valence-corrected chi connectivity index (χ1v) is 6.02. The summed E-state index contributed by atoms with van der Waals surface area (Å²) in [5, 5.41) is 14.1. The Hall–Kier alpha value is -1.19. The molecular weight excluding hydrogens is 223 g/mol. The summed E-state index contributed by atoms with van der Waals surface area (Å²) < 4.78 is 13.5. The Kier molecular flexibility index (Phi) is 3.08. The molecule has 0 fully saturated rings. The van der Waals surface area contributed by atoms with Crippen molar-refractivity contribution in [2.45, 2.75) is 18.9 Å². The summed E-state index contributed by atoms with van der Waals surface area (Å²) in [5.41, 5.74) is 0.363. The predicted molar refractivity (Wildman–Crippen MR) is 64.0 cm³/mol. The molecule has 0 saturated carbocycles. The molecule has 1 heterocycles. The zero-order valence-corrected chi connectivity index (χ0v) is 9.80. The number of benzene rings is 1. The summed E-state index contributed by atoms with van der Waals surface area (Å²) >= 11 is 1.53. The van der Waals surface area contributed by atoms with E-state index < -0.39 is 5.60 Å². The Morgan fingerprint density at radius 1 is 1.31 bits per heavy atom. The van der Waals surface area contributed by atoms with Crippen LogP contribution in [0.5, 0.6) is 0 Å². The van der Waals surface area contributed by atoms with E-state index >= 15 is 0 Å². The molecule has 0 aliphatic rings. The van der Waals surface area contributed by atoms with Gasteiger partial charge in [-0.2, -0.15) is 11.3 Å². The normalized spacial score (nSPS) is 14.7. The molecule has 0 aliphatic heterocycles. The van der Waals surface area contributed by atoms with Crippen LogP contribution in [0.2, 0.25) is 0 Å². The van der Waals surface area contributed by atoms with Crippen LogP contribution in [0.15, 0.2) is 41.1 Å². The Morgan fingerprint density at radius 2 is 2.06 bits per heavy atom. The molecule has 0 saturated heterocycles. The van der Waals surface area contributed by atoms with Crippen molar-refractivity contribution in [3.63, 3.8) is 0 Å². The molecule has 16 heavy (non-hydrogen) atoms. The second kappa shape index (κ2) is 4.36. The zero-order chi connectivity index (χ0) is 11.6. The highest BCUT2D eigenvalue weighted by Crippen LogP contribution is 2.27. The topological polar surface area (TPSA) is 20.2 Å². The highest BCUT2D eigenvalue weighted by atomic mass is 32.1. The van der Waals surface area contributed by atoms with Gasteiger partial charge in [-0.15, -0.1) is 0 Å². The molecule has 0 radical (unpaired) electrons. The van der Waals surface area contributed by atoms with E-state index in [1.165, 1.54) is 17.4 Å². The van der Waals surface area contributed by atoms with Crippen LogP contribution in [-0.2, 0) is 12.0 Å². The average molecular weight is 236 g/mol. The van der Waals surface area contributed by atoms with Gasteiger partial charge in [-0.1, -0.05) is 18.2 Å². The molecule has 1 nitrogen and oxygen atoms in total. The van der Waals surface area contributed by atoms with Crippen LogP contribution in [0.25, 0.3) is 0 Å². The molecule has 0 bridgehead atoms.